The maximum atomic E-state index is 11.7. The van der Waals surface area contributed by atoms with Crippen LogP contribution in [0.25, 0.3) is 11.4 Å². The summed E-state index contributed by atoms with van der Waals surface area (Å²) in [5.41, 5.74) is 3.44. The predicted octanol–water partition coefficient (Wildman–Crippen LogP) is 3.80. The fourth-order valence-electron chi connectivity index (χ4n) is 3.35. The van der Waals surface area contributed by atoms with Crippen molar-refractivity contribution in [2.45, 2.75) is 18.6 Å². The lowest BCUT2D eigenvalue weighted by Gasteiger charge is -2.08. The van der Waals surface area contributed by atoms with Crippen LogP contribution < -0.4 is 10.1 Å². The number of oxime groups is 1. The largest absolute Gasteiger partial charge is 0.490 e. The third kappa shape index (κ3) is 5.81. The molecule has 1 N–H and O–H groups in total. The highest BCUT2D eigenvalue weighted by Gasteiger charge is 2.31. The van der Waals surface area contributed by atoms with E-state index in [0.717, 1.165) is 34.4 Å². The van der Waals surface area contributed by atoms with E-state index in [-0.39, 0.29) is 16.4 Å². The van der Waals surface area contributed by atoms with Gasteiger partial charge in [-0.25, -0.2) is 4.98 Å². The number of hydrogen-bond acceptors (Lipinski definition) is 7. The van der Waals surface area contributed by atoms with Crippen molar-refractivity contribution in [3.63, 3.8) is 0 Å². The number of amides is 2. The van der Waals surface area contributed by atoms with Crippen LogP contribution >= 0.6 is 11.8 Å². The van der Waals surface area contributed by atoms with Crippen molar-refractivity contribution in [1.29, 1.82) is 0 Å². The first-order chi connectivity index (χ1) is 16.0. The fraction of sp³-hybridized carbons (Fsp3) is 0.250. The van der Waals surface area contributed by atoms with E-state index in [1.165, 1.54) is 0 Å². The first-order valence-corrected chi connectivity index (χ1v) is 11.4. The van der Waals surface area contributed by atoms with E-state index in [0.29, 0.717) is 31.1 Å². The van der Waals surface area contributed by atoms with Gasteiger partial charge in [0.05, 0.1) is 5.25 Å². The van der Waals surface area contributed by atoms with Gasteiger partial charge in [0.1, 0.15) is 29.6 Å². The SMILES string of the molecule is C/C(=N/OCCOc1ccc(CC2SC(=O)NC2=O)cc1)c1cn(C)c(-c2ccccc2)n1. The smallest absolute Gasteiger partial charge is 0.286 e. The second-order valence-corrected chi connectivity index (χ2v) is 8.69. The summed E-state index contributed by atoms with van der Waals surface area (Å²) < 4.78 is 7.65. The van der Waals surface area contributed by atoms with Crippen LogP contribution in [0.5, 0.6) is 5.75 Å². The highest BCUT2D eigenvalue weighted by atomic mass is 32.2. The van der Waals surface area contributed by atoms with E-state index in [1.807, 2.05) is 79.3 Å². The number of carbonyl (C=O) groups excluding carboxylic acids is 2. The van der Waals surface area contributed by atoms with Crippen molar-refractivity contribution >= 4 is 28.6 Å². The molecule has 4 rings (SSSR count). The summed E-state index contributed by atoms with van der Waals surface area (Å²) in [7, 11) is 1.95. The highest BCUT2D eigenvalue weighted by Crippen LogP contribution is 2.24. The Bertz CT molecular complexity index is 1160. The van der Waals surface area contributed by atoms with E-state index in [1.54, 1.807) is 0 Å². The molecule has 3 aromatic rings. The average molecular weight is 465 g/mol. The van der Waals surface area contributed by atoms with E-state index in [2.05, 4.69) is 15.5 Å². The van der Waals surface area contributed by atoms with Gasteiger partial charge in [-0.2, -0.15) is 0 Å². The maximum Gasteiger partial charge on any atom is 0.286 e. The number of imide groups is 1. The zero-order valence-electron chi connectivity index (χ0n) is 18.4. The number of benzene rings is 2. The van der Waals surface area contributed by atoms with E-state index in [4.69, 9.17) is 9.57 Å². The van der Waals surface area contributed by atoms with Gasteiger partial charge in [0.2, 0.25) is 5.91 Å². The van der Waals surface area contributed by atoms with Gasteiger partial charge in [0.25, 0.3) is 5.24 Å². The summed E-state index contributed by atoms with van der Waals surface area (Å²) in [5, 5.41) is 5.79. The number of imidazole rings is 1. The van der Waals surface area contributed by atoms with Gasteiger partial charge in [-0.3, -0.25) is 14.9 Å². The minimum absolute atomic E-state index is 0.236. The summed E-state index contributed by atoms with van der Waals surface area (Å²) in [4.78, 5) is 33.0. The Labute approximate surface area is 196 Å². The Balaban J connectivity index is 1.23. The molecule has 2 aromatic carbocycles. The standard InChI is InChI=1S/C24H24N4O4S/c1-16(20-15-28(2)22(25-20)18-6-4-3-5-7-18)27-32-13-12-31-19-10-8-17(9-11-19)14-21-23(29)26-24(30)33-21/h3-11,15,21H,12-14H2,1-2H3,(H,26,29,30)/b27-16-. The Morgan fingerprint density at radius 1 is 1.12 bits per heavy atom. The van der Waals surface area contributed by atoms with Crippen molar-refractivity contribution in [3.05, 3.63) is 72.1 Å². The summed E-state index contributed by atoms with van der Waals surface area (Å²) in [6.07, 6.45) is 2.42. The number of hydrogen-bond donors (Lipinski definition) is 1. The number of nitrogens with one attached hydrogen (secondary N) is 1. The minimum Gasteiger partial charge on any atom is -0.490 e. The Morgan fingerprint density at radius 3 is 2.58 bits per heavy atom. The predicted molar refractivity (Wildman–Crippen MR) is 127 cm³/mol. The van der Waals surface area contributed by atoms with Gasteiger partial charge in [-0.1, -0.05) is 59.4 Å². The monoisotopic (exact) mass is 464 g/mol. The van der Waals surface area contributed by atoms with E-state index < -0.39 is 0 Å². The fourth-order valence-corrected chi connectivity index (χ4v) is 4.21. The summed E-state index contributed by atoms with van der Waals surface area (Å²) in [5.74, 6) is 1.32. The Hall–Kier alpha value is -3.59. The first-order valence-electron chi connectivity index (χ1n) is 10.5. The van der Waals surface area contributed by atoms with E-state index >= 15 is 0 Å². The molecule has 1 aliphatic rings. The number of aryl methyl sites for hydroxylation is 1. The van der Waals surface area contributed by atoms with Gasteiger partial charge < -0.3 is 14.1 Å². The van der Waals surface area contributed by atoms with Crippen LogP contribution in [0, 0.1) is 0 Å². The van der Waals surface area contributed by atoms with Gasteiger partial charge in [-0.15, -0.1) is 0 Å². The molecule has 33 heavy (non-hydrogen) atoms. The molecule has 0 saturated carbocycles. The lowest BCUT2D eigenvalue weighted by Crippen LogP contribution is -2.25. The number of ether oxygens (including phenoxy) is 1. The number of carbonyl (C=O) groups is 2. The van der Waals surface area contributed by atoms with Gasteiger partial charge in [0, 0.05) is 18.8 Å². The molecule has 1 unspecified atom stereocenters. The molecule has 0 spiro atoms. The normalized spacial score (nSPS) is 16.1. The highest BCUT2D eigenvalue weighted by molar-refractivity contribution is 8.15. The molecule has 1 atom stereocenters. The van der Waals surface area contributed by atoms with Crippen molar-refractivity contribution in [2.75, 3.05) is 13.2 Å². The van der Waals surface area contributed by atoms with Crippen LogP contribution in [0.3, 0.4) is 0 Å². The number of aromatic nitrogens is 2. The maximum absolute atomic E-state index is 11.7. The lowest BCUT2D eigenvalue weighted by atomic mass is 10.1. The van der Waals surface area contributed by atoms with Crippen LogP contribution in [-0.4, -0.2) is 44.9 Å². The first kappa shape index (κ1) is 22.6. The average Bonchev–Trinajstić information content (AvgIpc) is 3.36. The number of nitrogens with zero attached hydrogens (tertiary/aromatic N) is 3. The molecule has 170 valence electrons. The van der Waals surface area contributed by atoms with Crippen molar-refractivity contribution in [2.24, 2.45) is 12.2 Å². The third-order valence-electron chi connectivity index (χ3n) is 5.04. The van der Waals surface area contributed by atoms with Crippen LogP contribution in [0.4, 0.5) is 4.79 Å². The van der Waals surface area contributed by atoms with Crippen molar-refractivity contribution < 1.29 is 19.2 Å². The molecular formula is C24H24N4O4S. The van der Waals surface area contributed by atoms with Gasteiger partial charge in [-0.05, 0) is 31.0 Å². The van der Waals surface area contributed by atoms with Gasteiger partial charge in [0.15, 0.2) is 6.61 Å². The molecular weight excluding hydrogens is 440 g/mol. The summed E-state index contributed by atoms with van der Waals surface area (Å²) in [6, 6.07) is 17.4. The molecule has 9 heteroatoms. The lowest BCUT2D eigenvalue weighted by molar-refractivity contribution is -0.118. The third-order valence-corrected chi connectivity index (χ3v) is 6.02. The Kier molecular flexibility index (Phi) is 7.09. The van der Waals surface area contributed by atoms with Crippen LogP contribution in [0.1, 0.15) is 18.2 Å². The van der Waals surface area contributed by atoms with Gasteiger partial charge >= 0.3 is 0 Å². The van der Waals surface area contributed by atoms with Crippen molar-refractivity contribution in [3.8, 4) is 17.1 Å². The minimum atomic E-state index is -0.373. The molecule has 8 nitrogen and oxygen atoms in total. The summed E-state index contributed by atoms with van der Waals surface area (Å²) in [6.45, 7) is 2.48. The van der Waals surface area contributed by atoms with E-state index in [9.17, 15) is 9.59 Å². The molecule has 1 aliphatic heterocycles. The quantitative estimate of drug-likeness (QED) is 0.294. The zero-order valence-corrected chi connectivity index (χ0v) is 19.2. The van der Waals surface area contributed by atoms with Crippen LogP contribution in [0.2, 0.25) is 0 Å². The van der Waals surface area contributed by atoms with Crippen LogP contribution in [0.15, 0.2) is 65.9 Å². The molecule has 1 saturated heterocycles. The molecule has 1 aromatic heterocycles. The Morgan fingerprint density at radius 2 is 1.88 bits per heavy atom. The molecule has 2 heterocycles. The molecule has 0 radical (unpaired) electrons. The second-order valence-electron chi connectivity index (χ2n) is 7.52. The zero-order chi connectivity index (χ0) is 23.2. The number of rotatable bonds is 9. The molecule has 0 aliphatic carbocycles. The molecule has 0 bridgehead atoms. The number of thioether (sulfide) groups is 1. The van der Waals surface area contributed by atoms with Crippen LogP contribution in [-0.2, 0) is 23.1 Å². The summed E-state index contributed by atoms with van der Waals surface area (Å²) >= 11 is 1.03. The van der Waals surface area contributed by atoms with Crippen molar-refractivity contribution in [1.82, 2.24) is 14.9 Å². The molecule has 2 amide bonds. The second kappa shape index (κ2) is 10.4. The topological polar surface area (TPSA) is 94.8 Å². The molecule has 1 fully saturated rings.